The van der Waals surface area contributed by atoms with Crippen LogP contribution in [-0.4, -0.2) is 15.0 Å². The molecule has 0 bridgehead atoms. The molecule has 0 N–H and O–H groups in total. The number of nitrogens with zero attached hydrogens (tertiary/aromatic N) is 3. The van der Waals surface area contributed by atoms with Gasteiger partial charge in [0.25, 0.3) is 0 Å². The highest BCUT2D eigenvalue weighted by molar-refractivity contribution is 6.14. The smallest absolute Gasteiger partial charge is 0.160 e. The van der Waals surface area contributed by atoms with Crippen molar-refractivity contribution < 1.29 is 0 Å². The van der Waals surface area contributed by atoms with Crippen LogP contribution in [0, 0.1) is 0 Å². The maximum Gasteiger partial charge on any atom is 0.160 e. The van der Waals surface area contributed by atoms with Crippen LogP contribution in [0.4, 0.5) is 0 Å². The first-order chi connectivity index (χ1) is 25.8. The highest BCUT2D eigenvalue weighted by Gasteiger charge is 2.17. The first-order valence-corrected chi connectivity index (χ1v) is 17.6. The van der Waals surface area contributed by atoms with Crippen molar-refractivity contribution in [3.63, 3.8) is 0 Å². The van der Waals surface area contributed by atoms with Crippen LogP contribution in [0.1, 0.15) is 0 Å². The Morgan fingerprint density at radius 1 is 0.288 bits per heavy atom. The Labute approximate surface area is 301 Å². The van der Waals surface area contributed by atoms with E-state index in [2.05, 4.69) is 188 Å². The van der Waals surface area contributed by atoms with Gasteiger partial charge in [0.2, 0.25) is 0 Å². The van der Waals surface area contributed by atoms with Crippen molar-refractivity contribution in [1.29, 1.82) is 0 Å². The SMILES string of the molecule is c1ccc(-c2cc(-c3cccc(-c4nc(-c5cccc6ccccc56)cc(-c5cccc6ccccc56)n4)c3)nc3ccc4ccccc4c23)cc1. The quantitative estimate of drug-likeness (QED) is 0.172. The maximum atomic E-state index is 5.28. The second-order valence-corrected chi connectivity index (χ2v) is 13.2. The van der Waals surface area contributed by atoms with E-state index in [4.69, 9.17) is 15.0 Å². The van der Waals surface area contributed by atoms with Gasteiger partial charge < -0.3 is 0 Å². The van der Waals surface area contributed by atoms with Gasteiger partial charge in [0.05, 0.1) is 22.6 Å². The van der Waals surface area contributed by atoms with E-state index in [0.29, 0.717) is 5.82 Å². The third-order valence-electron chi connectivity index (χ3n) is 10.1. The van der Waals surface area contributed by atoms with E-state index < -0.39 is 0 Å². The van der Waals surface area contributed by atoms with Gasteiger partial charge in [0, 0.05) is 27.6 Å². The van der Waals surface area contributed by atoms with Gasteiger partial charge in [-0.15, -0.1) is 0 Å². The summed E-state index contributed by atoms with van der Waals surface area (Å²) in [6.07, 6.45) is 0. The number of rotatable bonds is 5. The van der Waals surface area contributed by atoms with Gasteiger partial charge >= 0.3 is 0 Å². The van der Waals surface area contributed by atoms with Gasteiger partial charge in [-0.2, -0.15) is 0 Å². The number of hydrogen-bond donors (Lipinski definition) is 0. The average Bonchev–Trinajstić information content (AvgIpc) is 3.23. The molecular weight excluding hydrogens is 631 g/mol. The van der Waals surface area contributed by atoms with Crippen molar-refractivity contribution in [1.82, 2.24) is 15.0 Å². The average molecular weight is 662 g/mol. The van der Waals surface area contributed by atoms with Crippen LogP contribution in [0.5, 0.6) is 0 Å². The first-order valence-electron chi connectivity index (χ1n) is 17.6. The molecule has 0 saturated heterocycles. The van der Waals surface area contributed by atoms with Crippen molar-refractivity contribution in [2.75, 3.05) is 0 Å². The van der Waals surface area contributed by atoms with E-state index in [-0.39, 0.29) is 0 Å². The predicted octanol–water partition coefficient (Wildman–Crippen LogP) is 12.8. The highest BCUT2D eigenvalue weighted by Crippen LogP contribution is 2.38. The number of benzene rings is 8. The molecule has 0 fully saturated rings. The molecule has 0 amide bonds. The summed E-state index contributed by atoms with van der Waals surface area (Å²) in [4.78, 5) is 15.8. The fourth-order valence-corrected chi connectivity index (χ4v) is 7.57. The molecule has 3 heteroatoms. The van der Waals surface area contributed by atoms with Gasteiger partial charge in [0.1, 0.15) is 0 Å². The highest BCUT2D eigenvalue weighted by atomic mass is 14.9. The summed E-state index contributed by atoms with van der Waals surface area (Å²) in [7, 11) is 0. The Kier molecular flexibility index (Phi) is 7.14. The Balaban J connectivity index is 1.18. The first kappa shape index (κ1) is 29.9. The fourth-order valence-electron chi connectivity index (χ4n) is 7.57. The molecule has 3 nitrogen and oxygen atoms in total. The van der Waals surface area contributed by atoms with Crippen LogP contribution in [0.25, 0.3) is 99.5 Å². The van der Waals surface area contributed by atoms with Crippen molar-refractivity contribution >= 4 is 43.2 Å². The molecule has 8 aromatic carbocycles. The predicted molar refractivity (Wildman–Crippen MR) is 217 cm³/mol. The monoisotopic (exact) mass is 661 g/mol. The zero-order valence-corrected chi connectivity index (χ0v) is 28.2. The van der Waals surface area contributed by atoms with Gasteiger partial charge in [-0.3, -0.25) is 0 Å². The summed E-state index contributed by atoms with van der Waals surface area (Å²) in [6, 6.07) is 66.2. The summed E-state index contributed by atoms with van der Waals surface area (Å²) in [5.41, 5.74) is 10.1. The van der Waals surface area contributed by atoms with Crippen LogP contribution in [0.3, 0.4) is 0 Å². The second-order valence-electron chi connectivity index (χ2n) is 13.2. The fraction of sp³-hybridized carbons (Fsp3) is 0. The molecule has 0 aliphatic carbocycles. The largest absolute Gasteiger partial charge is 0.248 e. The van der Waals surface area contributed by atoms with Crippen LogP contribution in [-0.2, 0) is 0 Å². The normalized spacial score (nSPS) is 11.5. The van der Waals surface area contributed by atoms with E-state index in [0.717, 1.165) is 72.1 Å². The van der Waals surface area contributed by atoms with Crippen molar-refractivity contribution in [3.05, 3.63) is 188 Å². The van der Waals surface area contributed by atoms with Crippen LogP contribution >= 0.6 is 0 Å². The van der Waals surface area contributed by atoms with Gasteiger partial charge in [-0.25, -0.2) is 15.0 Å². The standard InChI is InChI=1S/C49H31N3/c1-2-13-34(14-3-1)43-30-45(50-44-28-27-35-17-6-9-24-40(35)48(43)44)36-20-10-21-37(29-36)49-51-46(41-25-11-18-32-15-4-7-22-38(32)41)31-47(52-49)42-26-12-19-33-16-5-8-23-39(33)42/h1-31H. The summed E-state index contributed by atoms with van der Waals surface area (Å²) in [6.45, 7) is 0. The minimum Gasteiger partial charge on any atom is -0.248 e. The molecule has 2 aromatic heterocycles. The molecule has 0 aliphatic rings. The summed E-state index contributed by atoms with van der Waals surface area (Å²) in [5.74, 6) is 0.672. The van der Waals surface area contributed by atoms with Gasteiger partial charge in [-0.05, 0) is 67.7 Å². The lowest BCUT2D eigenvalue weighted by Crippen LogP contribution is -1.97. The molecular formula is C49H31N3. The molecule has 0 unspecified atom stereocenters. The minimum absolute atomic E-state index is 0.672. The molecule has 10 aromatic rings. The minimum atomic E-state index is 0.672. The molecule has 0 atom stereocenters. The summed E-state index contributed by atoms with van der Waals surface area (Å²) >= 11 is 0. The molecule has 52 heavy (non-hydrogen) atoms. The third kappa shape index (κ3) is 5.19. The number of fused-ring (bicyclic) bond motifs is 5. The summed E-state index contributed by atoms with van der Waals surface area (Å²) < 4.78 is 0. The van der Waals surface area contributed by atoms with E-state index in [9.17, 15) is 0 Å². The van der Waals surface area contributed by atoms with Crippen LogP contribution < -0.4 is 0 Å². The van der Waals surface area contributed by atoms with Crippen molar-refractivity contribution in [3.8, 4) is 56.3 Å². The third-order valence-corrected chi connectivity index (χ3v) is 10.1. The zero-order valence-electron chi connectivity index (χ0n) is 28.2. The Morgan fingerprint density at radius 3 is 1.48 bits per heavy atom. The number of pyridine rings is 1. The van der Waals surface area contributed by atoms with E-state index in [1.807, 2.05) is 0 Å². The number of hydrogen-bond acceptors (Lipinski definition) is 3. The van der Waals surface area contributed by atoms with E-state index in [1.54, 1.807) is 0 Å². The lowest BCUT2D eigenvalue weighted by molar-refractivity contribution is 1.19. The second kappa shape index (κ2) is 12.4. The van der Waals surface area contributed by atoms with E-state index in [1.165, 1.54) is 21.5 Å². The lowest BCUT2D eigenvalue weighted by atomic mass is 9.94. The lowest BCUT2D eigenvalue weighted by Gasteiger charge is -2.14. The van der Waals surface area contributed by atoms with Crippen LogP contribution in [0.2, 0.25) is 0 Å². The Morgan fingerprint density at radius 2 is 0.808 bits per heavy atom. The van der Waals surface area contributed by atoms with Gasteiger partial charge in [-0.1, -0.05) is 164 Å². The molecule has 2 heterocycles. The zero-order chi connectivity index (χ0) is 34.4. The van der Waals surface area contributed by atoms with Gasteiger partial charge in [0.15, 0.2) is 5.82 Å². The van der Waals surface area contributed by atoms with Crippen LogP contribution in [0.15, 0.2) is 188 Å². The molecule has 0 aliphatic heterocycles. The summed E-state index contributed by atoms with van der Waals surface area (Å²) in [5, 5.41) is 8.24. The maximum absolute atomic E-state index is 5.28. The molecule has 0 radical (unpaired) electrons. The van der Waals surface area contributed by atoms with Crippen molar-refractivity contribution in [2.45, 2.75) is 0 Å². The Hall–Kier alpha value is -6.97. The van der Waals surface area contributed by atoms with Crippen molar-refractivity contribution in [2.24, 2.45) is 0 Å². The van der Waals surface area contributed by atoms with E-state index >= 15 is 0 Å². The molecule has 0 spiro atoms. The number of aromatic nitrogens is 3. The molecule has 0 saturated carbocycles. The topological polar surface area (TPSA) is 38.7 Å². The molecule has 242 valence electrons. The Bertz CT molecular complexity index is 2860. The molecule has 10 rings (SSSR count).